The highest BCUT2D eigenvalue weighted by Gasteiger charge is 2.29. The average Bonchev–Trinajstić information content (AvgIpc) is 3.14. The van der Waals surface area contributed by atoms with Crippen molar-refractivity contribution in [2.75, 3.05) is 5.32 Å². The van der Waals surface area contributed by atoms with Crippen molar-refractivity contribution in [2.24, 2.45) is 4.99 Å². The van der Waals surface area contributed by atoms with Crippen LogP contribution < -0.4 is 5.32 Å². The van der Waals surface area contributed by atoms with Crippen LogP contribution in [0.3, 0.4) is 0 Å². The fraction of sp³-hybridized carbons (Fsp3) is 0.263. The lowest BCUT2D eigenvalue weighted by molar-refractivity contribution is 0.495. The number of aromatic nitrogens is 4. The summed E-state index contributed by atoms with van der Waals surface area (Å²) in [7, 11) is 0. The Labute approximate surface area is 154 Å². The molecular formula is C19H18F2N6. The number of hydrogen-bond donors (Lipinski definition) is 2. The first-order chi connectivity index (χ1) is 13.0. The molecule has 2 aromatic heterocycles. The van der Waals surface area contributed by atoms with E-state index < -0.39 is 11.6 Å². The van der Waals surface area contributed by atoms with E-state index in [-0.39, 0.29) is 12.0 Å². The summed E-state index contributed by atoms with van der Waals surface area (Å²) in [6.07, 6.45) is 5.46. The first kappa shape index (κ1) is 17.3. The number of anilines is 1. The summed E-state index contributed by atoms with van der Waals surface area (Å²) in [5.74, 6) is -1.45. The highest BCUT2D eigenvalue weighted by molar-refractivity contribution is 5.99. The molecule has 27 heavy (non-hydrogen) atoms. The van der Waals surface area contributed by atoms with Crippen LogP contribution in [0.2, 0.25) is 0 Å². The number of imidazole rings is 1. The molecule has 2 atom stereocenters. The molecule has 8 heteroatoms. The van der Waals surface area contributed by atoms with Crippen LogP contribution in [0.25, 0.3) is 11.2 Å². The number of allylic oxidation sites excluding steroid dienone is 2. The molecule has 1 aromatic carbocycles. The van der Waals surface area contributed by atoms with Gasteiger partial charge in [-0.25, -0.2) is 23.7 Å². The van der Waals surface area contributed by atoms with Crippen molar-refractivity contribution in [1.29, 1.82) is 0 Å². The average molecular weight is 368 g/mol. The number of fused-ring (bicyclic) bond motifs is 1. The Morgan fingerprint density at radius 1 is 1.22 bits per heavy atom. The molecular weight excluding hydrogens is 350 g/mol. The number of hydrogen-bond acceptors (Lipinski definition) is 5. The second kappa shape index (κ2) is 6.86. The summed E-state index contributed by atoms with van der Waals surface area (Å²) in [6.45, 7) is 3.81. The molecule has 2 unspecified atom stereocenters. The van der Waals surface area contributed by atoms with Gasteiger partial charge in [0, 0.05) is 17.3 Å². The molecule has 138 valence electrons. The van der Waals surface area contributed by atoms with Gasteiger partial charge in [-0.15, -0.1) is 0 Å². The van der Waals surface area contributed by atoms with E-state index in [0.717, 1.165) is 17.5 Å². The lowest BCUT2D eigenvalue weighted by Gasteiger charge is -2.28. The zero-order valence-electron chi connectivity index (χ0n) is 14.9. The third kappa shape index (κ3) is 3.18. The molecule has 0 spiro atoms. The smallest absolute Gasteiger partial charge is 0.182 e. The van der Waals surface area contributed by atoms with Gasteiger partial charge in [-0.05, 0) is 31.9 Å². The van der Waals surface area contributed by atoms with Crippen molar-refractivity contribution in [3.8, 4) is 0 Å². The Kier molecular flexibility index (Phi) is 4.39. The first-order valence-corrected chi connectivity index (χ1v) is 8.64. The van der Waals surface area contributed by atoms with Crippen molar-refractivity contribution in [3.05, 3.63) is 59.8 Å². The molecule has 0 saturated carbocycles. The maximum atomic E-state index is 14.4. The Morgan fingerprint density at radius 3 is 2.93 bits per heavy atom. The molecule has 3 heterocycles. The van der Waals surface area contributed by atoms with Gasteiger partial charge in [0.2, 0.25) is 0 Å². The largest absolute Gasteiger partial charge is 0.360 e. The van der Waals surface area contributed by atoms with Crippen LogP contribution in [0.1, 0.15) is 31.7 Å². The number of nitrogens with one attached hydrogen (secondary N) is 2. The van der Waals surface area contributed by atoms with E-state index >= 15 is 0 Å². The van der Waals surface area contributed by atoms with Gasteiger partial charge in [0.25, 0.3) is 0 Å². The van der Waals surface area contributed by atoms with Gasteiger partial charge < -0.3 is 10.3 Å². The van der Waals surface area contributed by atoms with Gasteiger partial charge in [-0.3, -0.25) is 4.99 Å². The number of halogens is 2. The number of rotatable bonds is 4. The Balaban J connectivity index is 1.69. The van der Waals surface area contributed by atoms with Crippen molar-refractivity contribution in [2.45, 2.75) is 32.2 Å². The second-order valence-corrected chi connectivity index (χ2v) is 6.50. The highest BCUT2D eigenvalue weighted by atomic mass is 19.2. The van der Waals surface area contributed by atoms with E-state index in [1.165, 1.54) is 12.4 Å². The van der Waals surface area contributed by atoms with Crippen LogP contribution >= 0.6 is 0 Å². The topological polar surface area (TPSA) is 78.9 Å². The van der Waals surface area contributed by atoms with Gasteiger partial charge in [0.15, 0.2) is 23.1 Å². The predicted molar refractivity (Wildman–Crippen MR) is 99.7 cm³/mol. The number of nitrogens with zero attached hydrogens (tertiary/aromatic N) is 4. The van der Waals surface area contributed by atoms with Crippen molar-refractivity contribution in [3.63, 3.8) is 0 Å². The molecule has 0 aliphatic carbocycles. The van der Waals surface area contributed by atoms with Crippen LogP contribution in [0.4, 0.5) is 14.6 Å². The van der Waals surface area contributed by atoms with E-state index in [1.54, 1.807) is 12.4 Å². The molecule has 0 bridgehead atoms. The fourth-order valence-electron chi connectivity index (χ4n) is 3.36. The quantitative estimate of drug-likeness (QED) is 0.730. The summed E-state index contributed by atoms with van der Waals surface area (Å²) in [4.78, 5) is 20.1. The van der Waals surface area contributed by atoms with Gasteiger partial charge in [0.05, 0.1) is 12.4 Å². The third-order valence-electron chi connectivity index (χ3n) is 4.69. The Hall–Kier alpha value is -3.16. The number of aliphatic imine (C=N–C) groups is 1. The standard InChI is InChI=1S/C19H18F2N6/c1-10-6-7-13(12-4-3-5-14(20)15(12)21)16(26-10)11(2)27-19-17-18(23-8-22-17)24-9-25-19/h3-6,8-9,11,13H,7H2,1-2H3,(H2,22,23,24,25,27). The number of H-pyrrole nitrogens is 1. The lowest BCUT2D eigenvalue weighted by Crippen LogP contribution is -2.33. The third-order valence-corrected chi connectivity index (χ3v) is 4.69. The van der Waals surface area contributed by atoms with E-state index in [2.05, 4.69) is 30.2 Å². The minimum absolute atomic E-state index is 0.261. The van der Waals surface area contributed by atoms with E-state index in [1.807, 2.05) is 19.9 Å². The molecule has 0 fully saturated rings. The molecule has 6 nitrogen and oxygen atoms in total. The summed E-state index contributed by atoms with van der Waals surface area (Å²) in [6, 6.07) is 3.99. The van der Waals surface area contributed by atoms with Crippen LogP contribution in [0.15, 0.2) is 47.6 Å². The summed E-state index contributed by atoms with van der Waals surface area (Å²) < 4.78 is 28.2. The van der Waals surface area contributed by atoms with Gasteiger partial charge >= 0.3 is 0 Å². The van der Waals surface area contributed by atoms with E-state index in [4.69, 9.17) is 0 Å². The first-order valence-electron chi connectivity index (χ1n) is 8.64. The second-order valence-electron chi connectivity index (χ2n) is 6.50. The van der Waals surface area contributed by atoms with Crippen LogP contribution in [-0.4, -0.2) is 31.7 Å². The molecule has 1 aliphatic rings. The highest BCUT2D eigenvalue weighted by Crippen LogP contribution is 2.32. The Morgan fingerprint density at radius 2 is 2.07 bits per heavy atom. The molecule has 1 aliphatic heterocycles. The summed E-state index contributed by atoms with van der Waals surface area (Å²) in [5.41, 5.74) is 3.11. The SMILES string of the molecule is CC1=CCC(c2cccc(F)c2F)C(C(C)Nc2ncnc3nc[nH]c23)=N1. The van der Waals surface area contributed by atoms with Crippen molar-refractivity contribution >= 4 is 22.7 Å². The summed E-state index contributed by atoms with van der Waals surface area (Å²) in [5, 5.41) is 3.30. The molecule has 3 aromatic rings. The van der Waals surface area contributed by atoms with Crippen LogP contribution in [0.5, 0.6) is 0 Å². The van der Waals surface area contributed by atoms with E-state index in [9.17, 15) is 8.78 Å². The van der Waals surface area contributed by atoms with Crippen molar-refractivity contribution < 1.29 is 8.78 Å². The van der Waals surface area contributed by atoms with E-state index in [0.29, 0.717) is 29.0 Å². The lowest BCUT2D eigenvalue weighted by atomic mass is 9.85. The minimum atomic E-state index is -0.853. The van der Waals surface area contributed by atoms with Crippen LogP contribution in [-0.2, 0) is 0 Å². The van der Waals surface area contributed by atoms with Crippen molar-refractivity contribution in [1.82, 2.24) is 19.9 Å². The van der Waals surface area contributed by atoms with Gasteiger partial charge in [-0.1, -0.05) is 18.2 Å². The fourth-order valence-corrected chi connectivity index (χ4v) is 3.36. The molecule has 0 radical (unpaired) electrons. The predicted octanol–water partition coefficient (Wildman–Crippen LogP) is 3.96. The van der Waals surface area contributed by atoms with Crippen LogP contribution in [0, 0.1) is 11.6 Å². The minimum Gasteiger partial charge on any atom is -0.360 e. The molecule has 0 amide bonds. The molecule has 2 N–H and O–H groups in total. The molecule has 0 saturated heterocycles. The maximum absolute atomic E-state index is 14.4. The normalized spacial score (nSPS) is 18.1. The zero-order valence-corrected chi connectivity index (χ0v) is 14.9. The number of aromatic amines is 1. The molecule has 4 rings (SSSR count). The van der Waals surface area contributed by atoms with Gasteiger partial charge in [0.1, 0.15) is 11.8 Å². The maximum Gasteiger partial charge on any atom is 0.182 e. The monoisotopic (exact) mass is 368 g/mol. The zero-order chi connectivity index (χ0) is 19.0. The number of benzene rings is 1. The summed E-state index contributed by atoms with van der Waals surface area (Å²) >= 11 is 0. The van der Waals surface area contributed by atoms with Gasteiger partial charge in [-0.2, -0.15) is 0 Å². The Bertz CT molecular complexity index is 1060.